The average molecular weight is 419 g/mol. The van der Waals surface area contributed by atoms with Crippen molar-refractivity contribution in [2.45, 2.75) is 21.5 Å². The van der Waals surface area contributed by atoms with Crippen LogP contribution in [0.3, 0.4) is 0 Å². The van der Waals surface area contributed by atoms with Gasteiger partial charge in [0.15, 0.2) is 9.79 Å². The van der Waals surface area contributed by atoms with E-state index in [1.165, 1.54) is 0 Å². The maximum absolute atomic E-state index is 12.7. The molecule has 1 N–H and O–H groups in total. The summed E-state index contributed by atoms with van der Waals surface area (Å²) in [6.45, 7) is 0. The number of hydrogen-bond donors (Lipinski definition) is 1. The topological polar surface area (TPSA) is 54.4 Å². The molecular formula is C15H13F6O3S2+. The first-order chi connectivity index (χ1) is 11.8. The highest BCUT2D eigenvalue weighted by Gasteiger charge is 2.44. The first kappa shape index (κ1) is 22.3. The molecule has 0 fully saturated rings. The molecule has 3 nitrogen and oxygen atoms in total. The number of benzene rings is 2. The average Bonchev–Trinajstić information content (AvgIpc) is 2.52. The standard InChI is InChI=1S/C14H12F3S.CHF3O3S/c15-14(16,17)11-18(12-7-3-1-4-8-12)13-9-5-2-6-10-13;2-1(3,4)8(5,6)7/h1-10H,11H2;(H,5,6,7)/q+1;. The third-order valence-corrected chi connectivity index (χ3v) is 5.54. The molecule has 0 aromatic heterocycles. The molecule has 2 rings (SSSR count). The highest BCUT2D eigenvalue weighted by molar-refractivity contribution is 7.97. The first-order valence-corrected chi connectivity index (χ1v) is 9.56. The van der Waals surface area contributed by atoms with E-state index < -0.39 is 38.5 Å². The van der Waals surface area contributed by atoms with Crippen LogP contribution in [0.15, 0.2) is 70.5 Å². The highest BCUT2D eigenvalue weighted by Crippen LogP contribution is 2.29. The smallest absolute Gasteiger partial charge is 0.279 e. The maximum atomic E-state index is 12.7. The van der Waals surface area contributed by atoms with Crippen molar-refractivity contribution in [3.05, 3.63) is 60.7 Å². The minimum Gasteiger partial charge on any atom is -0.279 e. The van der Waals surface area contributed by atoms with Gasteiger partial charge in [-0.3, -0.25) is 4.55 Å². The van der Waals surface area contributed by atoms with Crippen LogP contribution in [0.2, 0.25) is 0 Å². The molecule has 0 amide bonds. The molecule has 0 heterocycles. The van der Waals surface area contributed by atoms with Gasteiger partial charge in [0, 0.05) is 0 Å². The monoisotopic (exact) mass is 419 g/mol. The van der Waals surface area contributed by atoms with Crippen LogP contribution in [0.5, 0.6) is 0 Å². The van der Waals surface area contributed by atoms with E-state index >= 15 is 0 Å². The Morgan fingerprint density at radius 2 is 1.08 bits per heavy atom. The van der Waals surface area contributed by atoms with E-state index in [9.17, 15) is 26.3 Å². The van der Waals surface area contributed by atoms with Crippen molar-refractivity contribution in [2.24, 2.45) is 0 Å². The summed E-state index contributed by atoms with van der Waals surface area (Å²) in [4.78, 5) is 1.45. The Morgan fingerprint density at radius 3 is 1.31 bits per heavy atom. The van der Waals surface area contributed by atoms with Crippen molar-refractivity contribution < 1.29 is 39.3 Å². The van der Waals surface area contributed by atoms with Crippen LogP contribution in [-0.2, 0) is 21.0 Å². The Bertz CT molecular complexity index is 735. The normalized spacial score (nSPS) is 12.5. The summed E-state index contributed by atoms with van der Waals surface area (Å²) in [6, 6.07) is 17.7. The first-order valence-electron chi connectivity index (χ1n) is 6.73. The van der Waals surface area contributed by atoms with Crippen LogP contribution in [0, 0.1) is 0 Å². The molecule has 144 valence electrons. The van der Waals surface area contributed by atoms with Gasteiger partial charge in [-0.05, 0) is 24.3 Å². The van der Waals surface area contributed by atoms with Crippen molar-refractivity contribution in [1.82, 2.24) is 0 Å². The van der Waals surface area contributed by atoms with Crippen LogP contribution in [0.4, 0.5) is 26.3 Å². The van der Waals surface area contributed by atoms with Gasteiger partial charge in [0.25, 0.3) is 0 Å². The number of rotatable bonds is 3. The van der Waals surface area contributed by atoms with E-state index in [1.54, 1.807) is 48.5 Å². The third kappa shape index (κ3) is 7.67. The lowest BCUT2D eigenvalue weighted by Gasteiger charge is -2.10. The van der Waals surface area contributed by atoms with Gasteiger partial charge >= 0.3 is 21.8 Å². The Labute approximate surface area is 148 Å². The van der Waals surface area contributed by atoms with E-state index in [-0.39, 0.29) is 0 Å². The molecule has 0 saturated heterocycles. The number of alkyl halides is 6. The van der Waals surface area contributed by atoms with E-state index in [1.807, 2.05) is 12.1 Å². The van der Waals surface area contributed by atoms with Crippen LogP contribution < -0.4 is 0 Å². The summed E-state index contributed by atoms with van der Waals surface area (Å²) in [5, 5.41) is 0. The number of hydrogen-bond acceptors (Lipinski definition) is 2. The van der Waals surface area contributed by atoms with E-state index in [4.69, 9.17) is 13.0 Å². The zero-order chi connectivity index (χ0) is 20.0. The van der Waals surface area contributed by atoms with Gasteiger partial charge in [-0.15, -0.1) is 0 Å². The predicted octanol–water partition coefficient (Wildman–Crippen LogP) is 4.68. The molecule has 0 unspecified atom stereocenters. The Kier molecular flexibility index (Phi) is 7.54. The van der Waals surface area contributed by atoms with Gasteiger partial charge in [-0.25, -0.2) is 0 Å². The Hall–Kier alpha value is -1.72. The molecule has 0 aliphatic carbocycles. The van der Waals surface area contributed by atoms with Gasteiger partial charge < -0.3 is 0 Å². The van der Waals surface area contributed by atoms with Crippen molar-refractivity contribution in [1.29, 1.82) is 0 Å². The molecule has 26 heavy (non-hydrogen) atoms. The molecule has 2 aromatic carbocycles. The van der Waals surface area contributed by atoms with Crippen molar-refractivity contribution in [3.8, 4) is 0 Å². The van der Waals surface area contributed by atoms with Crippen LogP contribution in [-0.4, -0.2) is 30.4 Å². The minimum absolute atomic E-state index is 0.723. The fraction of sp³-hybridized carbons (Fsp3) is 0.200. The molecule has 0 aliphatic rings. The Balaban J connectivity index is 0.000000359. The van der Waals surface area contributed by atoms with E-state index in [0.29, 0.717) is 0 Å². The molecular weight excluding hydrogens is 406 g/mol. The Morgan fingerprint density at radius 1 is 0.769 bits per heavy atom. The van der Waals surface area contributed by atoms with E-state index in [0.717, 1.165) is 9.79 Å². The molecule has 0 aliphatic heterocycles. The van der Waals surface area contributed by atoms with Crippen molar-refractivity contribution >= 4 is 21.0 Å². The zero-order valence-corrected chi connectivity index (χ0v) is 14.5. The second kappa shape index (κ2) is 8.78. The summed E-state index contributed by atoms with van der Waals surface area (Å²) in [5.74, 6) is -0.805. The molecule has 0 bridgehead atoms. The molecule has 0 radical (unpaired) electrons. The SMILES string of the molecule is FC(F)(F)C[S+](c1ccccc1)c1ccccc1.O=S(=O)(O)C(F)(F)F. The van der Waals surface area contributed by atoms with Crippen molar-refractivity contribution in [2.75, 3.05) is 5.75 Å². The molecule has 11 heteroatoms. The summed E-state index contributed by atoms with van der Waals surface area (Å²) in [5.41, 5.74) is -5.53. The quantitative estimate of drug-likeness (QED) is 0.340. The van der Waals surface area contributed by atoms with Crippen LogP contribution in [0.1, 0.15) is 0 Å². The predicted molar refractivity (Wildman–Crippen MR) is 85.3 cm³/mol. The molecule has 2 aromatic rings. The fourth-order valence-corrected chi connectivity index (χ4v) is 3.54. The largest absolute Gasteiger partial charge is 0.522 e. The van der Waals surface area contributed by atoms with Crippen LogP contribution in [0.25, 0.3) is 0 Å². The fourth-order valence-electron chi connectivity index (χ4n) is 1.64. The lowest BCUT2D eigenvalue weighted by molar-refractivity contribution is -0.105. The van der Waals surface area contributed by atoms with Crippen molar-refractivity contribution in [3.63, 3.8) is 0 Å². The van der Waals surface area contributed by atoms with Gasteiger partial charge in [0.2, 0.25) is 5.75 Å². The third-order valence-electron chi connectivity index (χ3n) is 2.66. The molecule has 0 spiro atoms. The lowest BCUT2D eigenvalue weighted by Crippen LogP contribution is -2.23. The highest BCUT2D eigenvalue weighted by atomic mass is 32.2. The molecule has 0 saturated carbocycles. The maximum Gasteiger partial charge on any atom is 0.522 e. The minimum atomic E-state index is -5.84. The second-order valence-corrected chi connectivity index (χ2v) is 8.12. The summed E-state index contributed by atoms with van der Waals surface area (Å²) in [7, 11) is -6.79. The lowest BCUT2D eigenvalue weighted by atomic mass is 10.4. The van der Waals surface area contributed by atoms with Crippen LogP contribution >= 0.6 is 0 Å². The summed E-state index contributed by atoms with van der Waals surface area (Å²) >= 11 is 0. The van der Waals surface area contributed by atoms with Gasteiger partial charge in [-0.1, -0.05) is 36.4 Å². The van der Waals surface area contributed by atoms with Gasteiger partial charge in [0.1, 0.15) is 0 Å². The van der Waals surface area contributed by atoms with Gasteiger partial charge in [-0.2, -0.15) is 34.8 Å². The summed E-state index contributed by atoms with van der Waals surface area (Å²) < 4.78 is 95.6. The zero-order valence-electron chi connectivity index (χ0n) is 12.8. The molecule has 0 atom stereocenters. The van der Waals surface area contributed by atoms with Gasteiger partial charge in [0.05, 0.1) is 10.9 Å². The number of halogens is 6. The van der Waals surface area contributed by atoms with E-state index in [2.05, 4.69) is 0 Å². The summed E-state index contributed by atoms with van der Waals surface area (Å²) in [6.07, 6.45) is -4.16. The second-order valence-electron chi connectivity index (χ2n) is 4.70.